The molecule has 0 radical (unpaired) electrons. The van der Waals surface area contributed by atoms with Crippen LogP contribution in [0.15, 0.2) is 48.5 Å². The summed E-state index contributed by atoms with van der Waals surface area (Å²) in [5, 5.41) is 3.31. The van der Waals surface area contributed by atoms with Crippen LogP contribution < -0.4 is 10.2 Å². The molecule has 3 nitrogen and oxygen atoms in total. The van der Waals surface area contributed by atoms with Crippen LogP contribution in [-0.4, -0.2) is 12.5 Å². The van der Waals surface area contributed by atoms with Crippen molar-refractivity contribution in [2.75, 3.05) is 16.8 Å². The van der Waals surface area contributed by atoms with Gasteiger partial charge in [-0.25, -0.2) is 4.39 Å². The Morgan fingerprint density at radius 3 is 2.67 bits per heavy atom. The van der Waals surface area contributed by atoms with E-state index < -0.39 is 0 Å². The van der Waals surface area contributed by atoms with Gasteiger partial charge in [-0.15, -0.1) is 0 Å². The fourth-order valence-corrected chi connectivity index (χ4v) is 2.53. The van der Waals surface area contributed by atoms with Crippen LogP contribution in [0.25, 0.3) is 0 Å². The van der Waals surface area contributed by atoms with Gasteiger partial charge in [-0.2, -0.15) is 0 Å². The molecule has 0 aliphatic carbocycles. The van der Waals surface area contributed by atoms with E-state index in [2.05, 4.69) is 5.32 Å². The van der Waals surface area contributed by atoms with Gasteiger partial charge in [0.1, 0.15) is 5.82 Å². The summed E-state index contributed by atoms with van der Waals surface area (Å²) in [6, 6.07) is 14.0. The third-order valence-corrected chi connectivity index (χ3v) is 3.74. The van der Waals surface area contributed by atoms with Crippen molar-refractivity contribution in [2.45, 2.75) is 13.5 Å². The van der Waals surface area contributed by atoms with Gasteiger partial charge < -0.3 is 10.2 Å². The van der Waals surface area contributed by atoms with Crippen LogP contribution in [0.3, 0.4) is 0 Å². The Hall–Kier alpha value is -2.36. The zero-order chi connectivity index (χ0) is 14.8. The van der Waals surface area contributed by atoms with Crippen molar-refractivity contribution in [2.24, 2.45) is 5.92 Å². The highest BCUT2D eigenvalue weighted by Crippen LogP contribution is 2.31. The molecule has 0 saturated carbocycles. The van der Waals surface area contributed by atoms with Gasteiger partial charge in [0.25, 0.3) is 0 Å². The highest BCUT2D eigenvalue weighted by Gasteiger charge is 2.27. The van der Waals surface area contributed by atoms with Crippen molar-refractivity contribution in [3.63, 3.8) is 0 Å². The molecule has 2 aromatic carbocycles. The number of hydrogen-bond donors (Lipinski definition) is 1. The average molecular weight is 284 g/mol. The zero-order valence-corrected chi connectivity index (χ0v) is 11.8. The first-order valence-corrected chi connectivity index (χ1v) is 7.04. The Morgan fingerprint density at radius 2 is 1.90 bits per heavy atom. The van der Waals surface area contributed by atoms with Crippen LogP contribution >= 0.6 is 0 Å². The lowest BCUT2D eigenvalue weighted by Crippen LogP contribution is -2.34. The predicted octanol–water partition coefficient (Wildman–Crippen LogP) is 3.42. The molecule has 1 heterocycles. The summed E-state index contributed by atoms with van der Waals surface area (Å²) in [6.07, 6.45) is 0. The third-order valence-electron chi connectivity index (χ3n) is 3.74. The summed E-state index contributed by atoms with van der Waals surface area (Å²) in [5.74, 6) is -0.286. The number of para-hydroxylation sites is 2. The Balaban J connectivity index is 1.97. The quantitative estimate of drug-likeness (QED) is 0.916. The molecular formula is C17H17FN2O. The predicted molar refractivity (Wildman–Crippen MR) is 81.7 cm³/mol. The number of amides is 1. The molecule has 3 rings (SSSR count). The number of halogens is 1. The number of nitrogens with one attached hydrogen (secondary N) is 1. The number of benzene rings is 2. The van der Waals surface area contributed by atoms with E-state index in [1.165, 1.54) is 12.1 Å². The van der Waals surface area contributed by atoms with E-state index in [1.54, 1.807) is 17.0 Å². The summed E-state index contributed by atoms with van der Waals surface area (Å²) in [7, 11) is 0. The van der Waals surface area contributed by atoms with Crippen molar-refractivity contribution >= 4 is 17.3 Å². The van der Waals surface area contributed by atoms with Crippen LogP contribution in [0.5, 0.6) is 0 Å². The number of fused-ring (bicyclic) bond motifs is 1. The Bertz CT molecular complexity index is 654. The van der Waals surface area contributed by atoms with Gasteiger partial charge in [-0.3, -0.25) is 4.79 Å². The van der Waals surface area contributed by atoms with E-state index in [4.69, 9.17) is 0 Å². The van der Waals surface area contributed by atoms with Gasteiger partial charge in [-0.05, 0) is 29.8 Å². The van der Waals surface area contributed by atoms with Gasteiger partial charge >= 0.3 is 0 Å². The Labute approximate surface area is 123 Å². The first kappa shape index (κ1) is 13.6. The van der Waals surface area contributed by atoms with Crippen molar-refractivity contribution in [3.8, 4) is 0 Å². The first-order chi connectivity index (χ1) is 10.1. The number of rotatable bonds is 2. The minimum Gasteiger partial charge on any atom is -0.383 e. The zero-order valence-electron chi connectivity index (χ0n) is 11.8. The molecule has 1 N–H and O–H groups in total. The molecule has 4 heteroatoms. The molecule has 1 aliphatic rings. The highest BCUT2D eigenvalue weighted by molar-refractivity contribution is 5.99. The maximum Gasteiger partial charge on any atom is 0.231 e. The second-order valence-corrected chi connectivity index (χ2v) is 5.35. The lowest BCUT2D eigenvalue weighted by atomic mass is 10.1. The van der Waals surface area contributed by atoms with Crippen molar-refractivity contribution in [1.82, 2.24) is 0 Å². The van der Waals surface area contributed by atoms with E-state index in [-0.39, 0.29) is 17.6 Å². The van der Waals surface area contributed by atoms with Crippen molar-refractivity contribution in [3.05, 3.63) is 59.9 Å². The summed E-state index contributed by atoms with van der Waals surface area (Å²) in [6.45, 7) is 2.98. The molecule has 2 aromatic rings. The summed E-state index contributed by atoms with van der Waals surface area (Å²) >= 11 is 0. The maximum atomic E-state index is 13.0. The monoisotopic (exact) mass is 284 g/mol. The van der Waals surface area contributed by atoms with Crippen LogP contribution in [0.4, 0.5) is 15.8 Å². The van der Waals surface area contributed by atoms with E-state index in [0.717, 1.165) is 16.9 Å². The maximum absolute atomic E-state index is 13.0. The lowest BCUT2D eigenvalue weighted by molar-refractivity contribution is -0.121. The lowest BCUT2D eigenvalue weighted by Gasteiger charge is -2.24. The number of hydrogen-bond acceptors (Lipinski definition) is 2. The molecular weight excluding hydrogens is 267 g/mol. The molecule has 1 atom stereocenters. The van der Waals surface area contributed by atoms with E-state index in [9.17, 15) is 9.18 Å². The minimum atomic E-state index is -0.267. The topological polar surface area (TPSA) is 32.3 Å². The van der Waals surface area contributed by atoms with E-state index in [0.29, 0.717) is 13.1 Å². The van der Waals surface area contributed by atoms with Crippen LogP contribution in [0.1, 0.15) is 12.5 Å². The Morgan fingerprint density at radius 1 is 1.19 bits per heavy atom. The first-order valence-electron chi connectivity index (χ1n) is 7.04. The fourth-order valence-electron chi connectivity index (χ4n) is 2.53. The summed E-state index contributed by atoms with van der Waals surface area (Å²) in [5.41, 5.74) is 2.74. The molecule has 0 aromatic heterocycles. The van der Waals surface area contributed by atoms with Gasteiger partial charge in [-0.1, -0.05) is 31.2 Å². The second kappa shape index (κ2) is 5.56. The van der Waals surface area contributed by atoms with Gasteiger partial charge in [0, 0.05) is 6.54 Å². The largest absolute Gasteiger partial charge is 0.383 e. The third kappa shape index (κ3) is 2.75. The number of carbonyl (C=O) groups excluding carboxylic acids is 1. The fraction of sp³-hybridized carbons (Fsp3) is 0.235. The molecule has 0 spiro atoms. The van der Waals surface area contributed by atoms with Crippen molar-refractivity contribution in [1.29, 1.82) is 0 Å². The van der Waals surface area contributed by atoms with Crippen LogP contribution in [0, 0.1) is 11.7 Å². The van der Waals surface area contributed by atoms with Crippen LogP contribution in [0.2, 0.25) is 0 Å². The highest BCUT2D eigenvalue weighted by atomic mass is 19.1. The number of anilines is 2. The molecule has 0 bridgehead atoms. The Kier molecular flexibility index (Phi) is 3.60. The number of carbonyl (C=O) groups is 1. The van der Waals surface area contributed by atoms with E-state index in [1.807, 2.05) is 31.2 Å². The summed E-state index contributed by atoms with van der Waals surface area (Å²) < 4.78 is 13.0. The molecule has 1 aliphatic heterocycles. The molecule has 0 fully saturated rings. The molecule has 0 unspecified atom stereocenters. The molecule has 0 saturated heterocycles. The van der Waals surface area contributed by atoms with Gasteiger partial charge in [0.15, 0.2) is 0 Å². The van der Waals surface area contributed by atoms with Crippen LogP contribution in [-0.2, 0) is 11.3 Å². The number of nitrogens with zero attached hydrogens (tertiary/aromatic N) is 1. The normalized spacial score (nSPS) is 17.9. The smallest absolute Gasteiger partial charge is 0.231 e. The standard InChI is InChI=1S/C17H17FN2O/c1-12-10-19-15-4-2-3-5-16(15)20(17(12)21)11-13-6-8-14(18)9-7-13/h2-9,12,19H,10-11H2,1H3/t12-/m0/s1. The van der Waals surface area contributed by atoms with Gasteiger partial charge in [0.05, 0.1) is 23.8 Å². The summed E-state index contributed by atoms with van der Waals surface area (Å²) in [4.78, 5) is 14.4. The van der Waals surface area contributed by atoms with E-state index >= 15 is 0 Å². The second-order valence-electron chi connectivity index (χ2n) is 5.35. The molecule has 1 amide bonds. The molecule has 108 valence electrons. The minimum absolute atomic E-state index is 0.0803. The van der Waals surface area contributed by atoms with Gasteiger partial charge in [0.2, 0.25) is 5.91 Å². The molecule has 21 heavy (non-hydrogen) atoms. The average Bonchev–Trinajstić information content (AvgIpc) is 2.62. The SMILES string of the molecule is C[C@H]1CNc2ccccc2N(Cc2ccc(F)cc2)C1=O. The van der Waals surface area contributed by atoms with Crippen molar-refractivity contribution < 1.29 is 9.18 Å².